The van der Waals surface area contributed by atoms with Gasteiger partial charge in [-0.25, -0.2) is 9.13 Å². The van der Waals surface area contributed by atoms with Crippen molar-refractivity contribution in [1.29, 1.82) is 0 Å². The Labute approximate surface area is 556 Å². The number of hydrogen-bond acceptors (Lipinski definition) is 15. The maximum absolute atomic E-state index is 13.0. The highest BCUT2D eigenvalue weighted by atomic mass is 31.2. The molecular formula is C72H140O17P2. The summed E-state index contributed by atoms with van der Waals surface area (Å²) in [5.74, 6) is 0.130. The first kappa shape index (κ1) is 89.1. The number of phosphoric acid groups is 2. The van der Waals surface area contributed by atoms with Crippen LogP contribution in [0, 0.1) is 17.8 Å². The molecule has 0 aliphatic carbocycles. The summed E-state index contributed by atoms with van der Waals surface area (Å²) in [5, 5.41) is 10.6. The molecule has 0 aliphatic rings. The third kappa shape index (κ3) is 65.1. The van der Waals surface area contributed by atoms with Gasteiger partial charge < -0.3 is 33.8 Å². The molecule has 0 fully saturated rings. The summed E-state index contributed by atoms with van der Waals surface area (Å²) in [6, 6.07) is 0. The zero-order chi connectivity index (χ0) is 67.3. The van der Waals surface area contributed by atoms with Crippen LogP contribution in [-0.4, -0.2) is 96.7 Å². The highest BCUT2D eigenvalue weighted by Crippen LogP contribution is 2.45. The Hall–Kier alpha value is -1.94. The molecule has 3 unspecified atom stereocenters. The van der Waals surface area contributed by atoms with E-state index in [1.54, 1.807) is 0 Å². The lowest BCUT2D eigenvalue weighted by Crippen LogP contribution is -2.30. The van der Waals surface area contributed by atoms with Crippen molar-refractivity contribution in [2.75, 3.05) is 39.6 Å². The molecule has 3 N–H and O–H groups in total. The van der Waals surface area contributed by atoms with Gasteiger partial charge in [0.2, 0.25) is 0 Å². The molecule has 0 aliphatic heterocycles. The molecule has 0 amide bonds. The summed E-state index contributed by atoms with van der Waals surface area (Å²) in [6.45, 7) is 11.8. The van der Waals surface area contributed by atoms with E-state index >= 15 is 0 Å². The van der Waals surface area contributed by atoms with Gasteiger partial charge in [0.25, 0.3) is 0 Å². The highest BCUT2D eigenvalue weighted by molar-refractivity contribution is 7.47. The summed E-state index contributed by atoms with van der Waals surface area (Å²) in [4.78, 5) is 72.6. The van der Waals surface area contributed by atoms with Gasteiger partial charge in [-0.15, -0.1) is 0 Å². The minimum atomic E-state index is -4.95. The minimum absolute atomic E-state index is 0.104. The third-order valence-electron chi connectivity index (χ3n) is 17.0. The first-order valence-corrected chi connectivity index (χ1v) is 40.4. The first-order valence-electron chi connectivity index (χ1n) is 37.4. The van der Waals surface area contributed by atoms with Crippen LogP contribution < -0.4 is 0 Å². The number of phosphoric ester groups is 2. The number of carbonyl (C=O) groups excluding carboxylic acids is 4. The molecule has 19 heteroatoms. The van der Waals surface area contributed by atoms with Gasteiger partial charge in [0, 0.05) is 25.7 Å². The fraction of sp³-hybridized carbons (Fsp3) is 0.944. The molecule has 0 heterocycles. The Balaban J connectivity index is 5.26. The monoisotopic (exact) mass is 1340 g/mol. The fourth-order valence-corrected chi connectivity index (χ4v) is 12.4. The quantitative estimate of drug-likeness (QED) is 0.0222. The molecule has 540 valence electrons. The summed E-state index contributed by atoms with van der Waals surface area (Å²) in [5.41, 5.74) is 0. The largest absolute Gasteiger partial charge is 0.472 e. The van der Waals surface area contributed by atoms with E-state index in [1.165, 1.54) is 173 Å². The average molecular weight is 1340 g/mol. The average Bonchev–Trinajstić information content (AvgIpc) is 3.70. The first-order chi connectivity index (χ1) is 43.8. The van der Waals surface area contributed by atoms with Crippen LogP contribution in [0.25, 0.3) is 0 Å². The molecule has 0 bridgehead atoms. The Morgan fingerprint density at radius 3 is 0.835 bits per heavy atom. The molecule has 0 radical (unpaired) electrons. The molecular weight excluding hydrogens is 1200 g/mol. The number of esters is 4. The summed E-state index contributed by atoms with van der Waals surface area (Å²) >= 11 is 0. The number of carbonyl (C=O) groups is 4. The summed E-state index contributed by atoms with van der Waals surface area (Å²) in [6.07, 6.45) is 47.1. The van der Waals surface area contributed by atoms with Crippen molar-refractivity contribution in [3.05, 3.63) is 0 Å². The summed E-state index contributed by atoms with van der Waals surface area (Å²) in [7, 11) is -9.91. The number of aliphatic hydroxyl groups is 1. The van der Waals surface area contributed by atoms with Gasteiger partial charge in [-0.3, -0.25) is 37.3 Å². The highest BCUT2D eigenvalue weighted by Gasteiger charge is 2.30. The molecule has 0 aromatic rings. The van der Waals surface area contributed by atoms with E-state index in [-0.39, 0.29) is 25.7 Å². The normalized spacial score (nSPS) is 14.5. The van der Waals surface area contributed by atoms with Crippen molar-refractivity contribution >= 4 is 39.5 Å². The van der Waals surface area contributed by atoms with Crippen LogP contribution in [0.2, 0.25) is 0 Å². The molecule has 0 saturated carbocycles. The van der Waals surface area contributed by atoms with Crippen LogP contribution in [0.1, 0.15) is 363 Å². The Morgan fingerprint density at radius 2 is 0.560 bits per heavy atom. The zero-order valence-electron chi connectivity index (χ0n) is 59.3. The van der Waals surface area contributed by atoms with E-state index in [1.807, 2.05) is 0 Å². The molecule has 6 atom stereocenters. The van der Waals surface area contributed by atoms with Gasteiger partial charge in [-0.1, -0.05) is 312 Å². The van der Waals surface area contributed by atoms with E-state index in [0.717, 1.165) is 108 Å². The van der Waals surface area contributed by atoms with Gasteiger partial charge in [-0.2, -0.15) is 0 Å². The van der Waals surface area contributed by atoms with E-state index in [4.69, 9.17) is 37.0 Å². The third-order valence-corrected chi connectivity index (χ3v) is 18.9. The lowest BCUT2D eigenvalue weighted by molar-refractivity contribution is -0.161. The Morgan fingerprint density at radius 1 is 0.319 bits per heavy atom. The zero-order valence-corrected chi connectivity index (χ0v) is 61.1. The van der Waals surface area contributed by atoms with Crippen LogP contribution in [-0.2, 0) is 65.4 Å². The second-order valence-corrected chi connectivity index (χ2v) is 30.1. The van der Waals surface area contributed by atoms with Crippen LogP contribution in [0.5, 0.6) is 0 Å². The van der Waals surface area contributed by atoms with Crippen LogP contribution in [0.15, 0.2) is 0 Å². The van der Waals surface area contributed by atoms with Crippen LogP contribution in [0.4, 0.5) is 0 Å². The van der Waals surface area contributed by atoms with Crippen molar-refractivity contribution in [3.63, 3.8) is 0 Å². The second-order valence-electron chi connectivity index (χ2n) is 27.2. The lowest BCUT2D eigenvalue weighted by Gasteiger charge is -2.21. The van der Waals surface area contributed by atoms with Gasteiger partial charge in [-0.05, 0) is 43.4 Å². The molecule has 0 aromatic heterocycles. The van der Waals surface area contributed by atoms with Gasteiger partial charge >= 0.3 is 39.5 Å². The van der Waals surface area contributed by atoms with Crippen LogP contribution in [0.3, 0.4) is 0 Å². The maximum atomic E-state index is 13.0. The second kappa shape index (κ2) is 62.8. The van der Waals surface area contributed by atoms with Crippen molar-refractivity contribution in [1.82, 2.24) is 0 Å². The lowest BCUT2D eigenvalue weighted by atomic mass is 9.99. The number of hydrogen-bond donors (Lipinski definition) is 3. The predicted molar refractivity (Wildman–Crippen MR) is 368 cm³/mol. The topological polar surface area (TPSA) is 237 Å². The van der Waals surface area contributed by atoms with Gasteiger partial charge in [0.15, 0.2) is 12.2 Å². The van der Waals surface area contributed by atoms with E-state index < -0.39 is 97.5 Å². The number of aliphatic hydroxyl groups excluding tert-OH is 1. The molecule has 91 heavy (non-hydrogen) atoms. The van der Waals surface area contributed by atoms with Crippen molar-refractivity contribution < 1.29 is 80.2 Å². The van der Waals surface area contributed by atoms with Gasteiger partial charge in [0.05, 0.1) is 26.4 Å². The molecule has 0 aromatic carbocycles. The predicted octanol–water partition coefficient (Wildman–Crippen LogP) is 20.6. The van der Waals surface area contributed by atoms with Crippen molar-refractivity contribution in [2.45, 2.75) is 381 Å². The van der Waals surface area contributed by atoms with Crippen molar-refractivity contribution in [3.8, 4) is 0 Å². The van der Waals surface area contributed by atoms with Crippen LogP contribution >= 0.6 is 15.6 Å². The molecule has 17 nitrogen and oxygen atoms in total. The van der Waals surface area contributed by atoms with E-state index in [2.05, 4.69) is 48.5 Å². The molecule has 0 rings (SSSR count). The smallest absolute Gasteiger partial charge is 0.462 e. The Kier molecular flexibility index (Phi) is 61.5. The SMILES string of the molecule is CCCCCCCCCCCCCCCCCC(=O)O[C@H](COC(=O)CCCCCCCCCCCCC(C)CC)COP(=O)(O)OC[C@@H](O)COP(=O)(O)OC[C@@H](COC(=O)CCCCCCCCCCC(C)C)OC(=O)CCCCCCCCCCC(C)C. The van der Waals surface area contributed by atoms with Gasteiger partial charge in [0.1, 0.15) is 19.3 Å². The Bertz CT molecular complexity index is 1790. The summed E-state index contributed by atoms with van der Waals surface area (Å²) < 4.78 is 68.4. The number of unbranched alkanes of at least 4 members (excludes halogenated alkanes) is 37. The van der Waals surface area contributed by atoms with Crippen molar-refractivity contribution in [2.24, 2.45) is 17.8 Å². The molecule has 0 saturated heterocycles. The fourth-order valence-electron chi connectivity index (χ4n) is 10.9. The number of rotatable bonds is 70. The number of ether oxygens (including phenoxy) is 4. The maximum Gasteiger partial charge on any atom is 0.472 e. The molecule has 0 spiro atoms. The van der Waals surface area contributed by atoms with E-state index in [9.17, 15) is 43.2 Å². The van der Waals surface area contributed by atoms with E-state index in [0.29, 0.717) is 25.7 Å². The standard InChI is InChI=1S/C72H140O17P2/c1-8-10-11-12-13-14-15-16-17-18-19-24-34-41-48-55-71(76)88-67(59-82-69(74)53-46-39-32-23-21-20-22-31-38-45-52-65(7)9-2)61-86-90(78,79)84-57-66(73)58-85-91(80,81)87-62-68(89-72(77)56-49-42-35-28-26-30-37-44-51-64(5)6)60-83-70(75)54-47-40-33-27-25-29-36-43-50-63(3)4/h63-68,73H,8-62H2,1-7H3,(H,78,79)(H,80,81)/t65?,66-,67-,68-/m1/s1. The minimum Gasteiger partial charge on any atom is -0.462 e.